The van der Waals surface area contributed by atoms with Crippen molar-refractivity contribution in [2.24, 2.45) is 0 Å². The van der Waals surface area contributed by atoms with Crippen LogP contribution in [0.2, 0.25) is 0 Å². The minimum atomic E-state index is -0.956. The Kier molecular flexibility index (Phi) is 3.27. The van der Waals surface area contributed by atoms with Gasteiger partial charge in [0.05, 0.1) is 25.4 Å². The minimum Gasteiger partial charge on any atom is -0.496 e. The summed E-state index contributed by atoms with van der Waals surface area (Å²) in [4.78, 5) is 26.8. The van der Waals surface area contributed by atoms with Gasteiger partial charge in [-0.1, -0.05) is 6.07 Å². The van der Waals surface area contributed by atoms with Gasteiger partial charge in [-0.3, -0.25) is 14.2 Å². The van der Waals surface area contributed by atoms with Gasteiger partial charge in [0.25, 0.3) is 5.56 Å². The number of methoxy groups -OCH3 is 1. The number of hydrogen-bond donors (Lipinski definition) is 1. The molecule has 0 saturated carbocycles. The van der Waals surface area contributed by atoms with Crippen molar-refractivity contribution in [3.05, 3.63) is 34.9 Å². The highest BCUT2D eigenvalue weighted by molar-refractivity contribution is 5.83. The number of aryl methyl sites for hydroxylation is 1. The van der Waals surface area contributed by atoms with Gasteiger partial charge in [-0.2, -0.15) is 0 Å². The number of carboxylic acids is 1. The average molecular weight is 248 g/mol. The van der Waals surface area contributed by atoms with Gasteiger partial charge >= 0.3 is 5.97 Å². The Morgan fingerprint density at radius 1 is 1.50 bits per heavy atom. The number of hydrogen-bond acceptors (Lipinski definition) is 4. The first-order chi connectivity index (χ1) is 8.63. The van der Waals surface area contributed by atoms with Crippen LogP contribution in [0.4, 0.5) is 0 Å². The highest BCUT2D eigenvalue weighted by atomic mass is 16.5. The second-order valence-electron chi connectivity index (χ2n) is 3.74. The third-order valence-electron chi connectivity index (χ3n) is 2.60. The molecule has 0 spiro atoms. The van der Waals surface area contributed by atoms with Crippen molar-refractivity contribution in [1.82, 2.24) is 9.55 Å². The van der Waals surface area contributed by atoms with Crippen molar-refractivity contribution in [2.75, 3.05) is 7.11 Å². The highest BCUT2D eigenvalue weighted by Crippen LogP contribution is 2.19. The van der Waals surface area contributed by atoms with E-state index in [0.29, 0.717) is 16.7 Å². The molecule has 18 heavy (non-hydrogen) atoms. The van der Waals surface area contributed by atoms with Gasteiger partial charge in [0.1, 0.15) is 11.1 Å². The van der Waals surface area contributed by atoms with Crippen LogP contribution in [0.5, 0.6) is 5.75 Å². The predicted molar refractivity (Wildman–Crippen MR) is 64.8 cm³/mol. The molecule has 1 aromatic carbocycles. The van der Waals surface area contributed by atoms with E-state index in [1.165, 1.54) is 18.0 Å². The predicted octanol–water partition coefficient (Wildman–Crippen LogP) is 0.880. The number of aliphatic carboxylic acids is 1. The zero-order chi connectivity index (χ0) is 13.1. The fourth-order valence-corrected chi connectivity index (χ4v) is 1.72. The first-order valence-corrected chi connectivity index (χ1v) is 5.37. The van der Waals surface area contributed by atoms with Crippen LogP contribution in [0.15, 0.2) is 29.3 Å². The van der Waals surface area contributed by atoms with Gasteiger partial charge in [0.2, 0.25) is 0 Å². The smallest absolute Gasteiger partial charge is 0.305 e. The zero-order valence-electron chi connectivity index (χ0n) is 9.79. The summed E-state index contributed by atoms with van der Waals surface area (Å²) in [6, 6.07) is 5.13. The summed E-state index contributed by atoms with van der Waals surface area (Å²) in [5, 5.41) is 8.99. The standard InChI is InChI=1S/C12H12N2O4/c1-18-9-4-2-3-8-11(9)12(17)14(7-13-8)6-5-10(15)16/h2-4,7H,5-6H2,1H3,(H,15,16). The number of benzene rings is 1. The number of ether oxygens (including phenoxy) is 1. The first kappa shape index (κ1) is 12.1. The summed E-state index contributed by atoms with van der Waals surface area (Å²) in [6.45, 7) is 0.0924. The molecule has 6 heteroatoms. The van der Waals surface area contributed by atoms with Gasteiger partial charge in [0, 0.05) is 6.54 Å². The van der Waals surface area contributed by atoms with Gasteiger partial charge in [0.15, 0.2) is 0 Å². The Morgan fingerprint density at radius 3 is 2.94 bits per heavy atom. The van der Waals surface area contributed by atoms with Crippen molar-refractivity contribution in [3.8, 4) is 5.75 Å². The molecule has 0 aliphatic rings. The Labute approximate surface area is 102 Å². The molecule has 0 aliphatic heterocycles. The second kappa shape index (κ2) is 4.87. The lowest BCUT2D eigenvalue weighted by molar-refractivity contribution is -0.137. The molecule has 0 saturated heterocycles. The van der Waals surface area contributed by atoms with E-state index >= 15 is 0 Å². The molecule has 1 heterocycles. The van der Waals surface area contributed by atoms with Crippen molar-refractivity contribution < 1.29 is 14.6 Å². The summed E-state index contributed by atoms with van der Waals surface area (Å²) in [5.41, 5.74) is 0.240. The fraction of sp³-hybridized carbons (Fsp3) is 0.250. The maximum atomic E-state index is 12.2. The SMILES string of the molecule is COc1cccc2ncn(CCC(=O)O)c(=O)c12. The highest BCUT2D eigenvalue weighted by Gasteiger charge is 2.09. The molecule has 0 fully saturated rings. The van der Waals surface area contributed by atoms with Gasteiger partial charge in [-0.05, 0) is 12.1 Å². The number of carboxylic acid groups (broad SMARTS) is 1. The van der Waals surface area contributed by atoms with E-state index < -0.39 is 5.97 Å². The van der Waals surface area contributed by atoms with E-state index in [1.807, 2.05) is 0 Å². The lowest BCUT2D eigenvalue weighted by atomic mass is 10.2. The molecule has 0 bridgehead atoms. The van der Waals surface area contributed by atoms with Crippen molar-refractivity contribution in [3.63, 3.8) is 0 Å². The lowest BCUT2D eigenvalue weighted by Gasteiger charge is -2.07. The van der Waals surface area contributed by atoms with Crippen molar-refractivity contribution in [1.29, 1.82) is 0 Å². The number of rotatable bonds is 4. The Hall–Kier alpha value is -2.37. The molecule has 2 aromatic rings. The summed E-state index contributed by atoms with van der Waals surface area (Å²) in [5.74, 6) is -0.517. The van der Waals surface area contributed by atoms with Crippen LogP contribution in [-0.4, -0.2) is 27.7 Å². The van der Waals surface area contributed by atoms with Crippen molar-refractivity contribution in [2.45, 2.75) is 13.0 Å². The molecular weight excluding hydrogens is 236 g/mol. The summed E-state index contributed by atoms with van der Waals surface area (Å²) in [6.07, 6.45) is 1.23. The minimum absolute atomic E-state index is 0.0924. The third-order valence-corrected chi connectivity index (χ3v) is 2.60. The third kappa shape index (κ3) is 2.17. The Morgan fingerprint density at radius 2 is 2.28 bits per heavy atom. The number of nitrogens with zero attached hydrogens (tertiary/aromatic N) is 2. The van der Waals surface area contributed by atoms with Crippen LogP contribution in [0, 0.1) is 0 Å². The monoisotopic (exact) mass is 248 g/mol. The Balaban J connectivity index is 2.55. The topological polar surface area (TPSA) is 81.4 Å². The van der Waals surface area contributed by atoms with E-state index in [2.05, 4.69) is 4.98 Å². The Bertz CT molecular complexity index is 648. The normalized spacial score (nSPS) is 10.5. The number of carbonyl (C=O) groups is 1. The zero-order valence-corrected chi connectivity index (χ0v) is 9.79. The van der Waals surface area contributed by atoms with E-state index in [4.69, 9.17) is 9.84 Å². The second-order valence-corrected chi connectivity index (χ2v) is 3.74. The van der Waals surface area contributed by atoms with E-state index in [9.17, 15) is 9.59 Å². The van der Waals surface area contributed by atoms with E-state index in [1.54, 1.807) is 18.2 Å². The lowest BCUT2D eigenvalue weighted by Crippen LogP contribution is -2.22. The van der Waals surface area contributed by atoms with Crippen LogP contribution in [0.25, 0.3) is 10.9 Å². The number of aromatic nitrogens is 2. The molecule has 6 nitrogen and oxygen atoms in total. The molecule has 94 valence electrons. The maximum absolute atomic E-state index is 12.2. The van der Waals surface area contributed by atoms with Crippen molar-refractivity contribution >= 4 is 16.9 Å². The number of fused-ring (bicyclic) bond motifs is 1. The van der Waals surface area contributed by atoms with Gasteiger partial charge < -0.3 is 9.84 Å². The van der Waals surface area contributed by atoms with Gasteiger partial charge in [-0.15, -0.1) is 0 Å². The molecule has 1 N–H and O–H groups in total. The quantitative estimate of drug-likeness (QED) is 0.868. The molecule has 0 unspecified atom stereocenters. The largest absolute Gasteiger partial charge is 0.496 e. The van der Waals surface area contributed by atoms with Crippen LogP contribution in [0.3, 0.4) is 0 Å². The van der Waals surface area contributed by atoms with Crippen LogP contribution >= 0.6 is 0 Å². The molecule has 0 radical (unpaired) electrons. The van der Waals surface area contributed by atoms with Crippen LogP contribution in [-0.2, 0) is 11.3 Å². The average Bonchev–Trinajstić information content (AvgIpc) is 2.37. The molecular formula is C12H12N2O4. The molecule has 1 aromatic heterocycles. The molecule has 2 rings (SSSR count). The summed E-state index contributed by atoms with van der Waals surface area (Å²) in [7, 11) is 1.48. The molecule has 0 atom stereocenters. The fourth-order valence-electron chi connectivity index (χ4n) is 1.72. The molecule has 0 aliphatic carbocycles. The summed E-state index contributed by atoms with van der Waals surface area (Å²) < 4.78 is 6.40. The van der Waals surface area contributed by atoms with Crippen LogP contribution < -0.4 is 10.3 Å². The van der Waals surface area contributed by atoms with E-state index in [0.717, 1.165) is 0 Å². The van der Waals surface area contributed by atoms with E-state index in [-0.39, 0.29) is 18.5 Å². The van der Waals surface area contributed by atoms with Crippen LogP contribution in [0.1, 0.15) is 6.42 Å². The molecule has 0 amide bonds. The maximum Gasteiger partial charge on any atom is 0.305 e. The summed E-state index contributed by atoms with van der Waals surface area (Å²) >= 11 is 0. The first-order valence-electron chi connectivity index (χ1n) is 5.37. The van der Waals surface area contributed by atoms with Gasteiger partial charge in [-0.25, -0.2) is 4.98 Å².